The SMILES string of the molecule is C[CH]=[Zr].[CH3-].[CH3-].c1ccc2[cH-]ccc2c1.c1ccc2[cH-]ccc2c1. The average molecular weight is 380 g/mol. The molecule has 0 bridgehead atoms. The molecule has 0 aromatic heterocycles. The van der Waals surface area contributed by atoms with Crippen molar-refractivity contribution in [1.29, 1.82) is 0 Å². The van der Waals surface area contributed by atoms with Crippen LogP contribution < -0.4 is 0 Å². The van der Waals surface area contributed by atoms with Crippen molar-refractivity contribution in [3.8, 4) is 0 Å². The van der Waals surface area contributed by atoms with Crippen LogP contribution in [0.1, 0.15) is 6.92 Å². The fourth-order valence-corrected chi connectivity index (χ4v) is 2.14. The molecule has 23 heavy (non-hydrogen) atoms. The van der Waals surface area contributed by atoms with Crippen molar-refractivity contribution in [1.82, 2.24) is 0 Å². The van der Waals surface area contributed by atoms with E-state index in [0.29, 0.717) is 0 Å². The van der Waals surface area contributed by atoms with Crippen molar-refractivity contribution < 1.29 is 24.2 Å². The van der Waals surface area contributed by atoms with E-state index in [0.717, 1.165) is 0 Å². The van der Waals surface area contributed by atoms with Crippen molar-refractivity contribution >= 4 is 25.3 Å². The van der Waals surface area contributed by atoms with Gasteiger partial charge in [-0.2, -0.15) is 35.0 Å². The Morgan fingerprint density at radius 3 is 1.39 bits per heavy atom. The zero-order valence-electron chi connectivity index (χ0n) is 14.2. The molecule has 0 N–H and O–H groups in total. The van der Waals surface area contributed by atoms with E-state index < -0.39 is 0 Å². The van der Waals surface area contributed by atoms with E-state index in [-0.39, 0.29) is 14.9 Å². The Labute approximate surface area is 155 Å². The van der Waals surface area contributed by atoms with Gasteiger partial charge in [-0.3, -0.25) is 0 Å². The van der Waals surface area contributed by atoms with Crippen molar-refractivity contribution in [3.05, 3.63) is 99.8 Å². The smallest absolute Gasteiger partial charge is 0.0809 e. The first-order valence-electron chi connectivity index (χ1n) is 7.01. The van der Waals surface area contributed by atoms with Crippen LogP contribution in [0.3, 0.4) is 0 Å². The summed E-state index contributed by atoms with van der Waals surface area (Å²) < 4.78 is 2.09. The summed E-state index contributed by atoms with van der Waals surface area (Å²) in [6, 6.07) is 29.3. The van der Waals surface area contributed by atoms with Gasteiger partial charge < -0.3 is 14.9 Å². The van der Waals surface area contributed by atoms with Crippen LogP contribution in [0.5, 0.6) is 0 Å². The maximum atomic E-state index is 2.12. The van der Waals surface area contributed by atoms with E-state index in [1.54, 1.807) is 0 Å². The van der Waals surface area contributed by atoms with E-state index >= 15 is 0 Å². The van der Waals surface area contributed by atoms with Gasteiger partial charge in [0.2, 0.25) is 0 Å². The maximum absolute atomic E-state index is 2.12. The Bertz CT molecular complexity index is 663. The predicted octanol–water partition coefficient (Wildman–Crippen LogP) is 6.37. The third kappa shape index (κ3) is 6.59. The number of hydrogen-bond donors (Lipinski definition) is 0. The molecule has 1 heteroatoms. The molecule has 4 rings (SSSR count). The Hall–Kier alpha value is -1.59. The molecule has 0 aliphatic carbocycles. The Balaban J connectivity index is 0.000000336. The summed E-state index contributed by atoms with van der Waals surface area (Å²) in [6.45, 7) is 2.04. The fraction of sp³-hybridized carbons (Fsp3) is 0.0455. The zero-order valence-corrected chi connectivity index (χ0v) is 16.6. The van der Waals surface area contributed by atoms with Crippen LogP contribution in [0.4, 0.5) is 0 Å². The topological polar surface area (TPSA) is 0 Å². The third-order valence-electron chi connectivity index (χ3n) is 3.10. The molecule has 0 radical (unpaired) electrons. The molecule has 120 valence electrons. The molecule has 0 spiro atoms. The third-order valence-corrected chi connectivity index (χ3v) is 3.10. The van der Waals surface area contributed by atoms with Gasteiger partial charge in [0.05, 0.1) is 0 Å². The summed E-state index contributed by atoms with van der Waals surface area (Å²) in [7, 11) is 0. The normalized spacial score (nSPS) is 8.52. The van der Waals surface area contributed by atoms with Gasteiger partial charge >= 0.3 is 34.9 Å². The molecule has 4 aromatic carbocycles. The Morgan fingerprint density at radius 1 is 0.696 bits per heavy atom. The van der Waals surface area contributed by atoms with Gasteiger partial charge in [-0.1, -0.05) is 12.1 Å². The number of hydrogen-bond acceptors (Lipinski definition) is 0. The summed E-state index contributed by atoms with van der Waals surface area (Å²) in [5.41, 5.74) is 0. The summed E-state index contributed by atoms with van der Waals surface area (Å²) in [5.74, 6) is 0. The molecular weight excluding hydrogens is 355 g/mol. The first kappa shape index (κ1) is 21.4. The van der Waals surface area contributed by atoms with Gasteiger partial charge in [-0.15, -0.1) is 59.3 Å². The molecule has 0 aliphatic heterocycles. The minimum absolute atomic E-state index is 0. The maximum Gasteiger partial charge on any atom is -0.0809 e. The first-order valence-corrected chi connectivity index (χ1v) is 8.43. The van der Waals surface area contributed by atoms with Crippen LogP contribution in [0.25, 0.3) is 21.5 Å². The van der Waals surface area contributed by atoms with Crippen LogP contribution in [0.15, 0.2) is 84.9 Å². The van der Waals surface area contributed by atoms with E-state index in [4.69, 9.17) is 0 Å². The largest absolute Gasteiger partial charge is 0.358 e. The van der Waals surface area contributed by atoms with Crippen LogP contribution >= 0.6 is 0 Å². The molecule has 0 unspecified atom stereocenters. The number of rotatable bonds is 0. The van der Waals surface area contributed by atoms with Gasteiger partial charge in [0.1, 0.15) is 0 Å². The molecular formula is C22H24Zr-4. The molecule has 0 fully saturated rings. The minimum Gasteiger partial charge on any atom is -0.358 e. The van der Waals surface area contributed by atoms with E-state index in [2.05, 4.69) is 88.6 Å². The Morgan fingerprint density at radius 2 is 1.04 bits per heavy atom. The molecule has 4 aromatic rings. The zero-order chi connectivity index (χ0) is 14.9. The van der Waals surface area contributed by atoms with Crippen LogP contribution in [-0.2, 0) is 24.2 Å². The average Bonchev–Trinajstić information content (AvgIpc) is 3.17. The molecule has 0 heterocycles. The summed E-state index contributed by atoms with van der Waals surface area (Å²) in [5, 5.41) is 5.32. The van der Waals surface area contributed by atoms with Crippen LogP contribution in [0.2, 0.25) is 0 Å². The van der Waals surface area contributed by atoms with Gasteiger partial charge in [0, 0.05) is 0 Å². The van der Waals surface area contributed by atoms with Gasteiger partial charge in [-0.25, -0.2) is 0 Å². The molecule has 0 nitrogen and oxygen atoms in total. The molecule has 0 amide bonds. The van der Waals surface area contributed by atoms with Crippen molar-refractivity contribution in [2.45, 2.75) is 6.92 Å². The Kier molecular flexibility index (Phi) is 11.1. The molecule has 0 atom stereocenters. The van der Waals surface area contributed by atoms with Crippen LogP contribution in [-0.4, -0.2) is 3.71 Å². The summed E-state index contributed by atoms with van der Waals surface area (Å²) in [4.78, 5) is 0. The van der Waals surface area contributed by atoms with Gasteiger partial charge in [-0.05, 0) is 0 Å². The molecule has 0 saturated carbocycles. The van der Waals surface area contributed by atoms with E-state index in [1.165, 1.54) is 45.8 Å². The summed E-state index contributed by atoms with van der Waals surface area (Å²) >= 11 is 1.51. The fourth-order valence-electron chi connectivity index (χ4n) is 2.14. The number of benzene rings is 2. The minimum atomic E-state index is 0. The standard InChI is InChI=1S/2C9H7.C2H4.2CH3.Zr/c2*1-2-5-9-7-3-6-8(9)4-1;1-2;;;/h2*1-7H;1H,2H3;2*1H3;/q2*-1;;2*-1;. The second-order valence-corrected chi connectivity index (χ2v) is 6.02. The number of fused-ring (bicyclic) bond motifs is 2. The molecule has 0 saturated heterocycles. The van der Waals surface area contributed by atoms with Crippen molar-refractivity contribution in [2.24, 2.45) is 0 Å². The van der Waals surface area contributed by atoms with E-state index in [1.807, 2.05) is 6.92 Å². The quantitative estimate of drug-likeness (QED) is 0.311. The van der Waals surface area contributed by atoms with E-state index in [9.17, 15) is 0 Å². The summed E-state index contributed by atoms with van der Waals surface area (Å²) in [6.07, 6.45) is 0. The second kappa shape index (κ2) is 11.9. The van der Waals surface area contributed by atoms with Crippen molar-refractivity contribution in [3.63, 3.8) is 0 Å². The first-order chi connectivity index (χ1) is 10.3. The predicted molar refractivity (Wildman–Crippen MR) is 104 cm³/mol. The second-order valence-electron chi connectivity index (χ2n) is 4.60. The van der Waals surface area contributed by atoms with Crippen molar-refractivity contribution in [2.75, 3.05) is 0 Å². The van der Waals surface area contributed by atoms with Crippen LogP contribution in [0, 0.1) is 14.9 Å². The monoisotopic (exact) mass is 378 g/mol. The molecule has 0 aliphatic rings. The van der Waals surface area contributed by atoms with Gasteiger partial charge in [0.25, 0.3) is 0 Å². The van der Waals surface area contributed by atoms with Gasteiger partial charge in [0.15, 0.2) is 0 Å².